The second-order valence-corrected chi connectivity index (χ2v) is 5.49. The Labute approximate surface area is 138 Å². The van der Waals surface area contributed by atoms with Crippen molar-refractivity contribution in [3.05, 3.63) is 54.1 Å². The Balaban J connectivity index is 1.69. The minimum Gasteiger partial charge on any atom is -0.497 e. The zero-order valence-corrected chi connectivity index (χ0v) is 13.4. The number of H-pyrrole nitrogens is 1. The summed E-state index contributed by atoms with van der Waals surface area (Å²) in [5, 5.41) is 9.56. The zero-order valence-electron chi connectivity index (χ0n) is 13.4. The van der Waals surface area contributed by atoms with Crippen LogP contribution in [0.2, 0.25) is 0 Å². The highest BCUT2D eigenvalue weighted by Gasteiger charge is 2.15. The van der Waals surface area contributed by atoms with Gasteiger partial charge in [0.05, 0.1) is 19.3 Å². The molecule has 0 amide bonds. The second kappa shape index (κ2) is 5.77. The van der Waals surface area contributed by atoms with E-state index in [-0.39, 0.29) is 0 Å². The molecule has 0 saturated carbocycles. The van der Waals surface area contributed by atoms with Crippen molar-refractivity contribution >= 4 is 11.0 Å². The number of nitrogens with one attached hydrogen (secondary N) is 1. The number of ether oxygens (including phenoxy) is 1. The summed E-state index contributed by atoms with van der Waals surface area (Å²) in [7, 11) is 1.66. The molecule has 24 heavy (non-hydrogen) atoms. The van der Waals surface area contributed by atoms with Crippen molar-refractivity contribution in [1.82, 2.24) is 29.9 Å². The minimum absolute atomic E-state index is 0.643. The molecule has 4 rings (SSSR count). The lowest BCUT2D eigenvalue weighted by atomic mass is 10.2. The maximum Gasteiger partial charge on any atom is 0.141 e. The first kappa shape index (κ1) is 14.4. The Morgan fingerprint density at radius 1 is 1.08 bits per heavy atom. The lowest BCUT2D eigenvalue weighted by Crippen LogP contribution is -2.04. The monoisotopic (exact) mass is 320 g/mol. The largest absolute Gasteiger partial charge is 0.497 e. The molecule has 0 bridgehead atoms. The van der Waals surface area contributed by atoms with E-state index in [4.69, 9.17) is 4.74 Å². The van der Waals surface area contributed by atoms with Crippen molar-refractivity contribution in [3.63, 3.8) is 0 Å². The third-order valence-electron chi connectivity index (χ3n) is 4.05. The van der Waals surface area contributed by atoms with E-state index in [0.717, 1.165) is 39.4 Å². The summed E-state index contributed by atoms with van der Waals surface area (Å²) in [5.41, 5.74) is 4.45. The molecule has 0 saturated heterocycles. The first-order chi connectivity index (χ1) is 11.8. The Bertz CT molecular complexity index is 986. The van der Waals surface area contributed by atoms with Gasteiger partial charge in [-0.2, -0.15) is 0 Å². The predicted octanol–water partition coefficient (Wildman–Crippen LogP) is 2.58. The van der Waals surface area contributed by atoms with Gasteiger partial charge in [0.2, 0.25) is 0 Å². The van der Waals surface area contributed by atoms with Crippen molar-refractivity contribution in [2.24, 2.45) is 0 Å². The summed E-state index contributed by atoms with van der Waals surface area (Å²) in [6.07, 6.45) is 3.38. The highest BCUT2D eigenvalue weighted by Crippen LogP contribution is 2.25. The third kappa shape index (κ3) is 2.40. The molecule has 1 N–H and O–H groups in total. The normalized spacial score (nSPS) is 11.1. The average Bonchev–Trinajstić information content (AvgIpc) is 3.23. The predicted molar refractivity (Wildman–Crippen MR) is 89.7 cm³/mol. The maximum absolute atomic E-state index is 5.19. The molecule has 0 fully saturated rings. The number of methoxy groups -OCH3 is 1. The molecular weight excluding hydrogens is 304 g/mol. The fourth-order valence-corrected chi connectivity index (χ4v) is 2.69. The van der Waals surface area contributed by atoms with Gasteiger partial charge in [0.15, 0.2) is 0 Å². The van der Waals surface area contributed by atoms with E-state index in [1.165, 1.54) is 6.33 Å². The van der Waals surface area contributed by atoms with Gasteiger partial charge in [-0.3, -0.25) is 0 Å². The number of benzene rings is 1. The van der Waals surface area contributed by atoms with Gasteiger partial charge in [0.1, 0.15) is 29.1 Å². The molecule has 7 nitrogen and oxygen atoms in total. The molecule has 0 aliphatic heterocycles. The van der Waals surface area contributed by atoms with Crippen LogP contribution >= 0.6 is 0 Å². The van der Waals surface area contributed by atoms with E-state index in [1.54, 1.807) is 7.11 Å². The van der Waals surface area contributed by atoms with Gasteiger partial charge in [-0.25, -0.2) is 14.6 Å². The van der Waals surface area contributed by atoms with Crippen LogP contribution in [0.3, 0.4) is 0 Å². The molecular formula is C17H16N6O. The van der Waals surface area contributed by atoms with Crippen molar-refractivity contribution in [1.29, 1.82) is 0 Å². The maximum atomic E-state index is 5.19. The minimum atomic E-state index is 0.643. The van der Waals surface area contributed by atoms with Gasteiger partial charge < -0.3 is 9.72 Å². The Kier molecular flexibility index (Phi) is 3.45. The number of rotatable bonds is 4. The number of hydrogen-bond acceptors (Lipinski definition) is 5. The summed E-state index contributed by atoms with van der Waals surface area (Å²) >= 11 is 0. The molecule has 120 valence electrons. The van der Waals surface area contributed by atoms with Gasteiger partial charge >= 0.3 is 0 Å². The van der Waals surface area contributed by atoms with Crippen molar-refractivity contribution in [2.75, 3.05) is 7.11 Å². The van der Waals surface area contributed by atoms with Gasteiger partial charge in [0.25, 0.3) is 0 Å². The lowest BCUT2D eigenvalue weighted by molar-refractivity contribution is 0.414. The summed E-state index contributed by atoms with van der Waals surface area (Å²) in [6.45, 7) is 2.64. The molecule has 7 heteroatoms. The zero-order chi connectivity index (χ0) is 16.5. The van der Waals surface area contributed by atoms with Crippen LogP contribution in [0.15, 0.2) is 42.9 Å². The van der Waals surface area contributed by atoms with E-state index < -0.39 is 0 Å². The van der Waals surface area contributed by atoms with E-state index in [0.29, 0.717) is 6.54 Å². The fourth-order valence-electron chi connectivity index (χ4n) is 2.69. The molecule has 0 spiro atoms. The third-order valence-corrected chi connectivity index (χ3v) is 4.05. The number of hydrogen-bond donors (Lipinski definition) is 1. The Hall–Kier alpha value is -3.22. The summed E-state index contributed by atoms with van der Waals surface area (Å²) < 4.78 is 7.06. The second-order valence-electron chi connectivity index (χ2n) is 5.49. The van der Waals surface area contributed by atoms with Crippen molar-refractivity contribution in [3.8, 4) is 17.1 Å². The van der Waals surface area contributed by atoms with Crippen molar-refractivity contribution in [2.45, 2.75) is 13.5 Å². The first-order valence-electron chi connectivity index (χ1n) is 7.58. The van der Waals surface area contributed by atoms with Gasteiger partial charge in [-0.15, -0.1) is 5.10 Å². The topological polar surface area (TPSA) is 81.5 Å². The molecule has 0 aliphatic carbocycles. The van der Waals surface area contributed by atoms with E-state index >= 15 is 0 Å². The molecule has 4 aromatic rings. The van der Waals surface area contributed by atoms with Crippen LogP contribution in [-0.2, 0) is 6.54 Å². The van der Waals surface area contributed by atoms with Crippen molar-refractivity contribution < 1.29 is 4.74 Å². The Morgan fingerprint density at radius 3 is 2.71 bits per heavy atom. The highest BCUT2D eigenvalue weighted by molar-refractivity contribution is 5.89. The van der Waals surface area contributed by atoms with Crippen LogP contribution in [0.4, 0.5) is 0 Å². The molecule has 0 aliphatic rings. The quantitative estimate of drug-likeness (QED) is 0.625. The number of aromatic amines is 1. The standard InChI is InChI=1S/C17H16N6O/c1-11-15(16-14-7-8-18-17(14)20-10-19-16)21-22-23(11)9-12-3-5-13(24-2)6-4-12/h3-8,10H,9H2,1-2H3,(H,18,19,20). The van der Waals surface area contributed by atoms with Crippen LogP contribution < -0.4 is 4.74 Å². The SMILES string of the molecule is COc1ccc(Cn2nnc(-c3ncnc4[nH]ccc34)c2C)cc1. The van der Waals surface area contributed by atoms with Crippen LogP contribution in [0.25, 0.3) is 22.4 Å². The first-order valence-corrected chi connectivity index (χ1v) is 7.58. The van der Waals surface area contributed by atoms with Crippen LogP contribution in [-0.4, -0.2) is 37.1 Å². The molecule has 3 aromatic heterocycles. The van der Waals surface area contributed by atoms with E-state index in [1.807, 2.05) is 48.1 Å². The van der Waals surface area contributed by atoms with Gasteiger partial charge in [-0.1, -0.05) is 17.3 Å². The molecule has 0 radical (unpaired) electrons. The Morgan fingerprint density at radius 2 is 1.92 bits per heavy atom. The molecule has 0 unspecified atom stereocenters. The summed E-state index contributed by atoms with van der Waals surface area (Å²) in [4.78, 5) is 11.7. The molecule has 1 aromatic carbocycles. The average molecular weight is 320 g/mol. The van der Waals surface area contributed by atoms with E-state index in [9.17, 15) is 0 Å². The smallest absolute Gasteiger partial charge is 0.141 e. The number of fused-ring (bicyclic) bond motifs is 1. The lowest BCUT2D eigenvalue weighted by Gasteiger charge is -2.05. The number of aromatic nitrogens is 6. The number of nitrogens with zero attached hydrogens (tertiary/aromatic N) is 5. The molecule has 0 atom stereocenters. The fraction of sp³-hybridized carbons (Fsp3) is 0.176. The van der Waals surface area contributed by atoms with Crippen LogP contribution in [0.1, 0.15) is 11.3 Å². The van der Waals surface area contributed by atoms with Gasteiger partial charge in [0, 0.05) is 11.6 Å². The summed E-state index contributed by atoms with van der Waals surface area (Å²) in [5.74, 6) is 0.839. The van der Waals surface area contributed by atoms with Crippen LogP contribution in [0, 0.1) is 6.92 Å². The summed E-state index contributed by atoms with van der Waals surface area (Å²) in [6, 6.07) is 9.88. The van der Waals surface area contributed by atoms with E-state index in [2.05, 4.69) is 25.3 Å². The van der Waals surface area contributed by atoms with Gasteiger partial charge in [-0.05, 0) is 30.7 Å². The van der Waals surface area contributed by atoms with Crippen LogP contribution in [0.5, 0.6) is 5.75 Å². The molecule has 3 heterocycles. The highest BCUT2D eigenvalue weighted by atomic mass is 16.5.